The fourth-order valence-electron chi connectivity index (χ4n) is 2.23. The van der Waals surface area contributed by atoms with E-state index in [0.717, 1.165) is 42.9 Å². The van der Waals surface area contributed by atoms with Crippen molar-refractivity contribution in [3.8, 4) is 0 Å². The molecule has 2 N–H and O–H groups in total. The average Bonchev–Trinajstić information content (AvgIpc) is 2.76. The molecule has 4 heteroatoms. The Hall–Kier alpha value is -0.280. The van der Waals surface area contributed by atoms with Crippen LogP contribution in [0.1, 0.15) is 24.8 Å². The van der Waals surface area contributed by atoms with Gasteiger partial charge in [-0.1, -0.05) is 23.2 Å². The Bertz CT molecular complexity index is 378. The highest BCUT2D eigenvalue weighted by Gasteiger charge is 2.19. The summed E-state index contributed by atoms with van der Waals surface area (Å²) in [6, 6.07) is 5.57. The summed E-state index contributed by atoms with van der Waals surface area (Å²) in [5, 5.41) is 1.44. The van der Waals surface area contributed by atoms with E-state index in [1.165, 1.54) is 0 Å². The molecule has 0 bridgehead atoms. The lowest BCUT2D eigenvalue weighted by Gasteiger charge is -2.17. The molecule has 1 heterocycles. The summed E-state index contributed by atoms with van der Waals surface area (Å²) in [6.07, 6.45) is 4.23. The van der Waals surface area contributed by atoms with Crippen molar-refractivity contribution >= 4 is 23.2 Å². The van der Waals surface area contributed by atoms with E-state index in [0.29, 0.717) is 11.1 Å². The Morgan fingerprint density at radius 1 is 1.41 bits per heavy atom. The molecule has 0 radical (unpaired) electrons. The summed E-state index contributed by atoms with van der Waals surface area (Å²) >= 11 is 12.1. The van der Waals surface area contributed by atoms with Crippen molar-refractivity contribution in [3.05, 3.63) is 33.8 Å². The van der Waals surface area contributed by atoms with E-state index in [-0.39, 0.29) is 6.04 Å². The second kappa shape index (κ2) is 6.05. The molecular formula is C13H17Cl2NO. The highest BCUT2D eigenvalue weighted by atomic mass is 35.5. The summed E-state index contributed by atoms with van der Waals surface area (Å²) in [5.41, 5.74) is 7.14. The first-order valence-electron chi connectivity index (χ1n) is 5.96. The summed E-state index contributed by atoms with van der Waals surface area (Å²) in [4.78, 5) is 0. The molecule has 0 spiro atoms. The minimum Gasteiger partial charge on any atom is -0.378 e. The van der Waals surface area contributed by atoms with Crippen molar-refractivity contribution in [2.75, 3.05) is 6.61 Å². The molecule has 17 heavy (non-hydrogen) atoms. The van der Waals surface area contributed by atoms with Crippen molar-refractivity contribution in [2.24, 2.45) is 5.73 Å². The quantitative estimate of drug-likeness (QED) is 0.912. The molecule has 2 unspecified atom stereocenters. The van der Waals surface area contributed by atoms with Gasteiger partial charge in [-0.3, -0.25) is 0 Å². The second-order valence-electron chi connectivity index (χ2n) is 4.57. The molecule has 2 nitrogen and oxygen atoms in total. The molecule has 0 saturated carbocycles. The smallest absolute Gasteiger partial charge is 0.0590 e. The lowest BCUT2D eigenvalue weighted by atomic mass is 10.0. The van der Waals surface area contributed by atoms with Gasteiger partial charge < -0.3 is 10.5 Å². The normalized spacial score (nSPS) is 21.7. The SMILES string of the molecule is NC(Cc1cc(Cl)ccc1Cl)CC1CCCO1. The van der Waals surface area contributed by atoms with E-state index in [1.807, 2.05) is 12.1 Å². The van der Waals surface area contributed by atoms with Gasteiger partial charge in [0.15, 0.2) is 0 Å². The first-order valence-corrected chi connectivity index (χ1v) is 6.72. The van der Waals surface area contributed by atoms with Crippen LogP contribution < -0.4 is 5.73 Å². The Balaban J connectivity index is 1.92. The molecule has 0 aliphatic carbocycles. The van der Waals surface area contributed by atoms with Crippen LogP contribution >= 0.6 is 23.2 Å². The monoisotopic (exact) mass is 273 g/mol. The summed E-state index contributed by atoms with van der Waals surface area (Å²) in [5.74, 6) is 0. The van der Waals surface area contributed by atoms with Crippen molar-refractivity contribution < 1.29 is 4.74 Å². The Morgan fingerprint density at radius 3 is 2.94 bits per heavy atom. The lowest BCUT2D eigenvalue weighted by molar-refractivity contribution is 0.0983. The third-order valence-corrected chi connectivity index (χ3v) is 3.68. The molecule has 1 aromatic rings. The maximum Gasteiger partial charge on any atom is 0.0590 e. The molecule has 2 rings (SSSR count). The van der Waals surface area contributed by atoms with Gasteiger partial charge in [-0.05, 0) is 49.4 Å². The summed E-state index contributed by atoms with van der Waals surface area (Å²) in [7, 11) is 0. The zero-order valence-electron chi connectivity index (χ0n) is 9.66. The van der Waals surface area contributed by atoms with Crippen LogP contribution in [0.15, 0.2) is 18.2 Å². The van der Waals surface area contributed by atoms with Crippen molar-refractivity contribution in [1.82, 2.24) is 0 Å². The van der Waals surface area contributed by atoms with Crippen molar-refractivity contribution in [3.63, 3.8) is 0 Å². The van der Waals surface area contributed by atoms with Gasteiger partial charge in [-0.25, -0.2) is 0 Å². The van der Waals surface area contributed by atoms with Crippen LogP contribution in [0.3, 0.4) is 0 Å². The predicted molar refractivity (Wildman–Crippen MR) is 71.7 cm³/mol. The topological polar surface area (TPSA) is 35.2 Å². The minimum atomic E-state index is 0.0778. The van der Waals surface area contributed by atoms with Gasteiger partial charge in [0.05, 0.1) is 6.10 Å². The number of hydrogen-bond acceptors (Lipinski definition) is 2. The molecule has 1 saturated heterocycles. The first kappa shape index (κ1) is 13.2. The number of hydrogen-bond donors (Lipinski definition) is 1. The van der Waals surface area contributed by atoms with Crippen LogP contribution in [0.2, 0.25) is 10.0 Å². The van der Waals surface area contributed by atoms with Gasteiger partial charge in [-0.15, -0.1) is 0 Å². The molecule has 1 aromatic carbocycles. The largest absolute Gasteiger partial charge is 0.378 e. The van der Waals surface area contributed by atoms with Crippen LogP contribution in [0, 0.1) is 0 Å². The van der Waals surface area contributed by atoms with Gasteiger partial charge in [0, 0.05) is 22.7 Å². The molecule has 0 aromatic heterocycles. The van der Waals surface area contributed by atoms with Crippen molar-refractivity contribution in [1.29, 1.82) is 0 Å². The van der Waals surface area contributed by atoms with E-state index < -0.39 is 0 Å². The number of benzene rings is 1. The standard InChI is InChI=1S/C13H17Cl2NO/c14-10-3-4-13(15)9(6-10)7-11(16)8-12-2-1-5-17-12/h3-4,6,11-12H,1-2,5,7-8,16H2. The van der Waals surface area contributed by atoms with E-state index in [4.69, 9.17) is 33.7 Å². The van der Waals surface area contributed by atoms with Gasteiger partial charge in [0.1, 0.15) is 0 Å². The molecule has 1 aliphatic heterocycles. The highest BCUT2D eigenvalue weighted by Crippen LogP contribution is 2.23. The molecule has 0 amide bonds. The second-order valence-corrected chi connectivity index (χ2v) is 5.41. The first-order chi connectivity index (χ1) is 8.15. The summed E-state index contributed by atoms with van der Waals surface area (Å²) in [6.45, 7) is 0.870. The average molecular weight is 274 g/mol. The Morgan fingerprint density at radius 2 is 2.24 bits per heavy atom. The van der Waals surface area contributed by atoms with Crippen LogP contribution in [0.4, 0.5) is 0 Å². The van der Waals surface area contributed by atoms with Gasteiger partial charge in [-0.2, -0.15) is 0 Å². The van der Waals surface area contributed by atoms with Gasteiger partial charge in [0.2, 0.25) is 0 Å². The number of nitrogens with two attached hydrogens (primary N) is 1. The Labute approximate surface area is 112 Å². The van der Waals surface area contributed by atoms with E-state index >= 15 is 0 Å². The van der Waals surface area contributed by atoms with Gasteiger partial charge in [0.25, 0.3) is 0 Å². The minimum absolute atomic E-state index is 0.0778. The fraction of sp³-hybridized carbons (Fsp3) is 0.538. The summed E-state index contributed by atoms with van der Waals surface area (Å²) < 4.78 is 5.58. The zero-order valence-corrected chi connectivity index (χ0v) is 11.2. The van der Waals surface area contributed by atoms with Crippen LogP contribution in [0.5, 0.6) is 0 Å². The third kappa shape index (κ3) is 3.85. The van der Waals surface area contributed by atoms with Crippen molar-refractivity contribution in [2.45, 2.75) is 37.8 Å². The Kier molecular flexibility index (Phi) is 4.69. The fourth-order valence-corrected chi connectivity index (χ4v) is 2.62. The number of halogens is 2. The molecule has 2 atom stereocenters. The highest BCUT2D eigenvalue weighted by molar-refractivity contribution is 6.33. The zero-order chi connectivity index (χ0) is 12.3. The number of rotatable bonds is 4. The maximum atomic E-state index is 6.12. The lowest BCUT2D eigenvalue weighted by Crippen LogP contribution is -2.28. The maximum absolute atomic E-state index is 6.12. The van der Waals surface area contributed by atoms with Gasteiger partial charge >= 0.3 is 0 Å². The molecular weight excluding hydrogens is 257 g/mol. The van der Waals surface area contributed by atoms with Crippen LogP contribution in [-0.4, -0.2) is 18.8 Å². The van der Waals surface area contributed by atoms with E-state index in [9.17, 15) is 0 Å². The predicted octanol–water partition coefficient (Wildman–Crippen LogP) is 3.43. The van der Waals surface area contributed by atoms with E-state index in [1.54, 1.807) is 6.07 Å². The van der Waals surface area contributed by atoms with E-state index in [2.05, 4.69) is 0 Å². The molecule has 1 aliphatic rings. The molecule has 94 valence electrons. The van der Waals surface area contributed by atoms with Crippen LogP contribution in [-0.2, 0) is 11.2 Å². The third-order valence-electron chi connectivity index (χ3n) is 3.08. The molecule has 1 fully saturated rings. The number of ether oxygens (including phenoxy) is 1. The van der Waals surface area contributed by atoms with Crippen LogP contribution in [0.25, 0.3) is 0 Å².